The van der Waals surface area contributed by atoms with Crippen molar-refractivity contribution >= 4 is 5.97 Å². The summed E-state index contributed by atoms with van der Waals surface area (Å²) in [5, 5.41) is 11.1. The summed E-state index contributed by atoms with van der Waals surface area (Å²) in [6, 6.07) is 0. The quantitative estimate of drug-likeness (QED) is 0.513. The molecular formula is C8H11O3-. The molecule has 1 aliphatic rings. The van der Waals surface area contributed by atoms with Crippen molar-refractivity contribution in [3.8, 4) is 0 Å². The molecule has 0 aromatic carbocycles. The van der Waals surface area contributed by atoms with E-state index in [9.17, 15) is 9.90 Å². The van der Waals surface area contributed by atoms with Crippen LogP contribution >= 0.6 is 0 Å². The van der Waals surface area contributed by atoms with Crippen LogP contribution in [0.2, 0.25) is 0 Å². The summed E-state index contributed by atoms with van der Waals surface area (Å²) in [6.07, 6.45) is 2.92. The monoisotopic (exact) mass is 155 g/mol. The van der Waals surface area contributed by atoms with Gasteiger partial charge >= 0.3 is 5.97 Å². The average molecular weight is 155 g/mol. The Morgan fingerprint density at radius 1 is 1.45 bits per heavy atom. The van der Waals surface area contributed by atoms with E-state index >= 15 is 0 Å². The van der Waals surface area contributed by atoms with Crippen molar-refractivity contribution in [3.63, 3.8) is 0 Å². The van der Waals surface area contributed by atoms with Crippen molar-refractivity contribution in [2.24, 2.45) is 0 Å². The van der Waals surface area contributed by atoms with E-state index in [0.29, 0.717) is 18.4 Å². The second kappa shape index (κ2) is 3.42. The number of allylic oxidation sites excluding steroid dienone is 1. The van der Waals surface area contributed by atoms with E-state index in [1.165, 1.54) is 7.11 Å². The molecule has 3 nitrogen and oxygen atoms in total. The topological polar surface area (TPSA) is 49.4 Å². The number of carbonyl (C=O) groups is 1. The fraction of sp³-hybridized carbons (Fsp3) is 0.625. The van der Waals surface area contributed by atoms with Crippen LogP contribution in [0.1, 0.15) is 25.7 Å². The Hall–Kier alpha value is -0.990. The average Bonchev–Trinajstić information content (AvgIpc) is 2.04. The Balaban J connectivity index is 2.74. The Labute approximate surface area is 65.7 Å². The fourth-order valence-corrected chi connectivity index (χ4v) is 1.22. The molecule has 11 heavy (non-hydrogen) atoms. The summed E-state index contributed by atoms with van der Waals surface area (Å²) in [4.78, 5) is 10.9. The Bertz CT molecular complexity index is 194. The predicted molar refractivity (Wildman–Crippen MR) is 37.5 cm³/mol. The molecule has 0 fully saturated rings. The van der Waals surface area contributed by atoms with E-state index in [0.717, 1.165) is 12.8 Å². The lowest BCUT2D eigenvalue weighted by Gasteiger charge is -2.22. The van der Waals surface area contributed by atoms with E-state index in [1.54, 1.807) is 0 Å². The highest BCUT2D eigenvalue weighted by atomic mass is 16.5. The van der Waals surface area contributed by atoms with Gasteiger partial charge in [0.1, 0.15) is 0 Å². The second-order valence-electron chi connectivity index (χ2n) is 2.60. The van der Waals surface area contributed by atoms with Gasteiger partial charge in [-0.3, -0.25) is 0 Å². The lowest BCUT2D eigenvalue weighted by molar-refractivity contribution is -0.309. The summed E-state index contributed by atoms with van der Waals surface area (Å²) in [6.45, 7) is 0. The van der Waals surface area contributed by atoms with E-state index in [2.05, 4.69) is 4.74 Å². The van der Waals surface area contributed by atoms with Gasteiger partial charge in [0.05, 0.1) is 7.11 Å². The molecule has 0 saturated carbocycles. The first-order valence-corrected chi connectivity index (χ1v) is 3.73. The fourth-order valence-electron chi connectivity index (χ4n) is 1.22. The Kier molecular flexibility index (Phi) is 2.52. The van der Waals surface area contributed by atoms with E-state index in [1.807, 2.05) is 0 Å². The third-order valence-electron chi connectivity index (χ3n) is 1.85. The number of hydrogen-bond donors (Lipinski definition) is 0. The molecular weight excluding hydrogens is 144 g/mol. The standard InChI is InChI=1S/C8H12O3/c1-11-8(10)6-4-2-3-5-7(6)9/h9H,2-5H2,1H3/p-1. The molecule has 0 aromatic heterocycles. The van der Waals surface area contributed by atoms with Gasteiger partial charge in [0.15, 0.2) is 0 Å². The number of esters is 1. The van der Waals surface area contributed by atoms with Crippen molar-refractivity contribution < 1.29 is 14.6 Å². The molecule has 0 N–H and O–H groups in total. The molecule has 0 atom stereocenters. The van der Waals surface area contributed by atoms with Gasteiger partial charge in [-0.1, -0.05) is 6.42 Å². The highest BCUT2D eigenvalue weighted by Crippen LogP contribution is 2.21. The molecule has 3 heteroatoms. The summed E-state index contributed by atoms with van der Waals surface area (Å²) in [7, 11) is 1.30. The normalized spacial score (nSPS) is 18.3. The van der Waals surface area contributed by atoms with Gasteiger partial charge in [-0.05, 0) is 19.3 Å². The molecule has 1 rings (SSSR count). The molecule has 0 heterocycles. The van der Waals surface area contributed by atoms with Crippen LogP contribution in [0, 0.1) is 0 Å². The molecule has 62 valence electrons. The highest BCUT2D eigenvalue weighted by molar-refractivity contribution is 5.88. The van der Waals surface area contributed by atoms with Crippen molar-refractivity contribution in [2.45, 2.75) is 25.7 Å². The first kappa shape index (κ1) is 8.11. The van der Waals surface area contributed by atoms with Gasteiger partial charge < -0.3 is 9.84 Å². The maximum Gasteiger partial charge on any atom is 0.332 e. The Morgan fingerprint density at radius 2 is 2.09 bits per heavy atom. The minimum absolute atomic E-state index is 0.0388. The summed E-state index contributed by atoms with van der Waals surface area (Å²) < 4.78 is 4.46. The summed E-state index contributed by atoms with van der Waals surface area (Å²) >= 11 is 0. The van der Waals surface area contributed by atoms with Gasteiger partial charge in [-0.25, -0.2) is 4.79 Å². The Morgan fingerprint density at radius 3 is 2.64 bits per heavy atom. The number of rotatable bonds is 1. The van der Waals surface area contributed by atoms with Crippen LogP contribution in [-0.4, -0.2) is 13.1 Å². The van der Waals surface area contributed by atoms with E-state index in [4.69, 9.17) is 0 Å². The van der Waals surface area contributed by atoms with E-state index in [-0.39, 0.29) is 5.76 Å². The first-order chi connectivity index (χ1) is 5.25. The third-order valence-corrected chi connectivity index (χ3v) is 1.85. The number of hydrogen-bond acceptors (Lipinski definition) is 3. The number of ether oxygens (including phenoxy) is 1. The molecule has 0 aromatic rings. The molecule has 0 aliphatic heterocycles. The lowest BCUT2D eigenvalue weighted by atomic mass is 9.98. The first-order valence-electron chi connectivity index (χ1n) is 3.73. The predicted octanol–water partition coefficient (Wildman–Crippen LogP) is 0.348. The van der Waals surface area contributed by atoms with Crippen LogP contribution in [0.5, 0.6) is 0 Å². The minimum atomic E-state index is -0.449. The van der Waals surface area contributed by atoms with E-state index < -0.39 is 5.97 Å². The third kappa shape index (κ3) is 1.73. The smallest absolute Gasteiger partial charge is 0.332 e. The zero-order valence-corrected chi connectivity index (χ0v) is 6.55. The van der Waals surface area contributed by atoms with Crippen LogP contribution in [0.3, 0.4) is 0 Å². The minimum Gasteiger partial charge on any atom is -0.875 e. The number of carbonyl (C=O) groups excluding carboxylic acids is 1. The molecule has 0 saturated heterocycles. The molecule has 0 amide bonds. The highest BCUT2D eigenvalue weighted by Gasteiger charge is 2.13. The SMILES string of the molecule is COC(=O)C1=C([O-])CCCC1. The molecule has 0 spiro atoms. The second-order valence-corrected chi connectivity index (χ2v) is 2.60. The van der Waals surface area contributed by atoms with Crippen molar-refractivity contribution in [3.05, 3.63) is 11.3 Å². The summed E-state index contributed by atoms with van der Waals surface area (Å²) in [5.41, 5.74) is 0.346. The van der Waals surface area contributed by atoms with Crippen LogP contribution in [0.15, 0.2) is 11.3 Å². The molecule has 0 unspecified atom stereocenters. The zero-order chi connectivity index (χ0) is 8.27. The molecule has 0 radical (unpaired) electrons. The van der Waals surface area contributed by atoms with Crippen LogP contribution in [0.25, 0.3) is 0 Å². The number of methoxy groups -OCH3 is 1. The lowest BCUT2D eigenvalue weighted by Crippen LogP contribution is -2.18. The maximum atomic E-state index is 11.1. The summed E-state index contributed by atoms with van der Waals surface area (Å²) in [5.74, 6) is -0.488. The van der Waals surface area contributed by atoms with Gasteiger partial charge in [-0.2, -0.15) is 0 Å². The zero-order valence-electron chi connectivity index (χ0n) is 6.55. The van der Waals surface area contributed by atoms with Crippen LogP contribution in [-0.2, 0) is 9.53 Å². The molecule has 0 bridgehead atoms. The van der Waals surface area contributed by atoms with Crippen LogP contribution < -0.4 is 5.11 Å². The molecule has 1 aliphatic carbocycles. The van der Waals surface area contributed by atoms with Crippen molar-refractivity contribution in [2.75, 3.05) is 7.11 Å². The van der Waals surface area contributed by atoms with Crippen LogP contribution in [0.4, 0.5) is 0 Å². The van der Waals surface area contributed by atoms with Crippen molar-refractivity contribution in [1.29, 1.82) is 0 Å². The van der Waals surface area contributed by atoms with Crippen molar-refractivity contribution in [1.82, 2.24) is 0 Å². The maximum absolute atomic E-state index is 11.1. The van der Waals surface area contributed by atoms with Gasteiger partial charge in [0.2, 0.25) is 0 Å². The van der Waals surface area contributed by atoms with Gasteiger partial charge in [0, 0.05) is 5.57 Å². The van der Waals surface area contributed by atoms with Gasteiger partial charge in [-0.15, -0.1) is 5.76 Å². The largest absolute Gasteiger partial charge is 0.875 e. The van der Waals surface area contributed by atoms with Gasteiger partial charge in [0.25, 0.3) is 0 Å².